The van der Waals surface area contributed by atoms with Crippen LogP contribution in [0.15, 0.2) is 48.8 Å². The number of benzene rings is 2. The normalized spacial score (nSPS) is 11.6. The predicted octanol–water partition coefficient (Wildman–Crippen LogP) is 6.49. The molecule has 0 aliphatic rings. The van der Waals surface area contributed by atoms with E-state index in [1.54, 1.807) is 12.4 Å². The molecule has 1 aromatic heterocycles. The highest BCUT2D eigenvalue weighted by molar-refractivity contribution is 5.55. The van der Waals surface area contributed by atoms with Crippen molar-refractivity contribution in [3.63, 3.8) is 0 Å². The lowest BCUT2D eigenvalue weighted by molar-refractivity contribution is -0.187. The summed E-state index contributed by atoms with van der Waals surface area (Å²) in [5.74, 6) is -4.01. The van der Waals surface area contributed by atoms with E-state index in [2.05, 4.69) is 19.4 Å². The quantitative estimate of drug-likeness (QED) is 0.345. The molecule has 32 heavy (non-hydrogen) atoms. The van der Waals surface area contributed by atoms with Gasteiger partial charge in [-0.3, -0.25) is 0 Å². The zero-order valence-corrected chi connectivity index (χ0v) is 16.8. The third-order valence-corrected chi connectivity index (χ3v) is 4.43. The van der Waals surface area contributed by atoms with E-state index in [0.29, 0.717) is 12.1 Å². The van der Waals surface area contributed by atoms with E-state index in [1.807, 2.05) is 6.92 Å². The summed E-state index contributed by atoms with van der Waals surface area (Å²) in [5, 5.41) is 0. The van der Waals surface area contributed by atoms with Crippen molar-refractivity contribution in [3.05, 3.63) is 71.6 Å². The minimum atomic E-state index is -4.18. The van der Waals surface area contributed by atoms with Crippen LogP contribution in [0.2, 0.25) is 0 Å². The molecule has 1 heterocycles. The molecule has 0 saturated carbocycles. The fourth-order valence-electron chi connectivity index (χ4n) is 2.84. The molecule has 10 heteroatoms. The zero-order valence-electron chi connectivity index (χ0n) is 16.8. The van der Waals surface area contributed by atoms with Gasteiger partial charge in [0.2, 0.25) is 0 Å². The van der Waals surface area contributed by atoms with Crippen LogP contribution in [0.25, 0.3) is 11.4 Å². The average molecular weight is 456 g/mol. The SMILES string of the molecule is CCCCc1cnc(-c2ccc(C(F)(F)Oc3ccc(OC(F)F)c(F)c3)c(F)c2)nc1. The number of unbranched alkanes of at least 4 members (excludes halogenated alkanes) is 1. The Morgan fingerprint density at radius 1 is 0.969 bits per heavy atom. The van der Waals surface area contributed by atoms with Crippen LogP contribution < -0.4 is 9.47 Å². The van der Waals surface area contributed by atoms with Gasteiger partial charge in [0, 0.05) is 24.0 Å². The van der Waals surface area contributed by atoms with Crippen molar-refractivity contribution in [2.75, 3.05) is 0 Å². The monoisotopic (exact) mass is 456 g/mol. The Bertz CT molecular complexity index is 1060. The van der Waals surface area contributed by atoms with Gasteiger partial charge >= 0.3 is 12.7 Å². The summed E-state index contributed by atoms with van der Waals surface area (Å²) >= 11 is 0. The highest BCUT2D eigenvalue weighted by atomic mass is 19.3. The average Bonchev–Trinajstić information content (AvgIpc) is 2.74. The fourth-order valence-corrected chi connectivity index (χ4v) is 2.84. The zero-order chi connectivity index (χ0) is 23.3. The minimum Gasteiger partial charge on any atom is -0.432 e. The highest BCUT2D eigenvalue weighted by Gasteiger charge is 2.38. The Morgan fingerprint density at radius 3 is 2.28 bits per heavy atom. The van der Waals surface area contributed by atoms with Crippen molar-refractivity contribution in [2.45, 2.75) is 38.9 Å². The summed E-state index contributed by atoms with van der Waals surface area (Å²) in [6.45, 7) is -1.24. The van der Waals surface area contributed by atoms with Gasteiger partial charge in [-0.2, -0.15) is 17.6 Å². The number of alkyl halides is 4. The summed E-state index contributed by atoms with van der Waals surface area (Å²) in [6, 6.07) is 4.79. The number of hydrogen-bond donors (Lipinski definition) is 0. The van der Waals surface area contributed by atoms with Crippen LogP contribution in [-0.4, -0.2) is 16.6 Å². The maximum absolute atomic E-state index is 14.5. The molecule has 3 aromatic rings. The summed E-state index contributed by atoms with van der Waals surface area (Å²) in [7, 11) is 0. The highest BCUT2D eigenvalue weighted by Crippen LogP contribution is 2.35. The molecule has 0 aliphatic carbocycles. The number of ether oxygens (including phenoxy) is 2. The van der Waals surface area contributed by atoms with E-state index in [4.69, 9.17) is 0 Å². The summed E-state index contributed by atoms with van der Waals surface area (Å²) < 4.78 is 89.8. The maximum atomic E-state index is 14.5. The van der Waals surface area contributed by atoms with E-state index in [0.717, 1.165) is 43.0 Å². The van der Waals surface area contributed by atoms with Gasteiger partial charge in [-0.05, 0) is 42.7 Å². The molecule has 0 bridgehead atoms. The van der Waals surface area contributed by atoms with E-state index >= 15 is 0 Å². The molecule has 0 spiro atoms. The number of rotatable bonds is 9. The molecule has 4 nitrogen and oxygen atoms in total. The van der Waals surface area contributed by atoms with E-state index in [1.165, 1.54) is 6.07 Å². The topological polar surface area (TPSA) is 44.2 Å². The molecular formula is C22H18F6N2O2. The van der Waals surface area contributed by atoms with Crippen LogP contribution in [0.3, 0.4) is 0 Å². The molecule has 0 amide bonds. The summed E-state index contributed by atoms with van der Waals surface area (Å²) in [6.07, 6.45) is 1.78. The van der Waals surface area contributed by atoms with Gasteiger partial charge in [0.15, 0.2) is 17.4 Å². The van der Waals surface area contributed by atoms with Crippen molar-refractivity contribution >= 4 is 0 Å². The second-order valence-electron chi connectivity index (χ2n) is 6.80. The Morgan fingerprint density at radius 2 is 1.69 bits per heavy atom. The van der Waals surface area contributed by atoms with Gasteiger partial charge in [-0.1, -0.05) is 19.4 Å². The first-order valence-corrected chi connectivity index (χ1v) is 9.62. The molecule has 0 atom stereocenters. The van der Waals surface area contributed by atoms with E-state index < -0.39 is 41.4 Å². The number of aromatic nitrogens is 2. The first-order valence-electron chi connectivity index (χ1n) is 9.62. The molecule has 0 aliphatic heterocycles. The van der Waals surface area contributed by atoms with Crippen molar-refractivity contribution in [2.24, 2.45) is 0 Å². The molecule has 0 fully saturated rings. The number of halogens is 6. The Kier molecular flexibility index (Phi) is 7.22. The molecule has 170 valence electrons. The Balaban J connectivity index is 1.78. The lowest BCUT2D eigenvalue weighted by Crippen LogP contribution is -2.23. The van der Waals surface area contributed by atoms with E-state index in [9.17, 15) is 26.3 Å². The molecule has 2 aromatic carbocycles. The summed E-state index contributed by atoms with van der Waals surface area (Å²) in [5.41, 5.74) is -0.0115. The van der Waals surface area contributed by atoms with Crippen molar-refractivity contribution < 1.29 is 35.8 Å². The third kappa shape index (κ3) is 5.68. The van der Waals surface area contributed by atoms with Crippen LogP contribution in [0.1, 0.15) is 30.9 Å². The fraction of sp³-hybridized carbons (Fsp3) is 0.273. The molecule has 3 rings (SSSR count). The van der Waals surface area contributed by atoms with Crippen LogP contribution in [0, 0.1) is 11.6 Å². The lowest BCUT2D eigenvalue weighted by Gasteiger charge is -2.19. The van der Waals surface area contributed by atoms with Gasteiger partial charge in [0.1, 0.15) is 11.6 Å². The van der Waals surface area contributed by atoms with Crippen LogP contribution in [-0.2, 0) is 12.5 Å². The van der Waals surface area contributed by atoms with Crippen molar-refractivity contribution in [3.8, 4) is 22.9 Å². The van der Waals surface area contributed by atoms with Crippen molar-refractivity contribution in [1.29, 1.82) is 0 Å². The van der Waals surface area contributed by atoms with Gasteiger partial charge in [-0.25, -0.2) is 18.7 Å². The number of nitrogens with zero attached hydrogens (tertiary/aromatic N) is 2. The van der Waals surface area contributed by atoms with Crippen LogP contribution in [0.5, 0.6) is 11.5 Å². The number of hydrogen-bond acceptors (Lipinski definition) is 4. The van der Waals surface area contributed by atoms with Crippen LogP contribution >= 0.6 is 0 Å². The van der Waals surface area contributed by atoms with Gasteiger partial charge < -0.3 is 9.47 Å². The van der Waals surface area contributed by atoms with Gasteiger partial charge in [-0.15, -0.1) is 0 Å². The smallest absolute Gasteiger partial charge is 0.429 e. The number of aryl methyl sites for hydroxylation is 1. The Labute approximate surface area is 179 Å². The lowest BCUT2D eigenvalue weighted by atomic mass is 10.1. The standard InChI is InChI=1S/C22H18F6N2O2/c1-2-3-4-13-11-29-20(30-12-13)14-5-7-16(17(23)9-14)22(27,28)32-15-6-8-19(18(24)10-15)31-21(25)26/h5-12,21H,2-4H2,1H3. The van der Waals surface area contributed by atoms with Crippen LogP contribution in [0.4, 0.5) is 26.3 Å². The molecule has 0 N–H and O–H groups in total. The van der Waals surface area contributed by atoms with Gasteiger partial charge in [0.25, 0.3) is 0 Å². The van der Waals surface area contributed by atoms with Gasteiger partial charge in [0.05, 0.1) is 5.56 Å². The van der Waals surface area contributed by atoms with E-state index in [-0.39, 0.29) is 11.4 Å². The first kappa shape index (κ1) is 23.4. The molecule has 0 radical (unpaired) electrons. The third-order valence-electron chi connectivity index (χ3n) is 4.43. The van der Waals surface area contributed by atoms with Crippen molar-refractivity contribution in [1.82, 2.24) is 9.97 Å². The maximum Gasteiger partial charge on any atom is 0.429 e. The second kappa shape index (κ2) is 9.88. The summed E-state index contributed by atoms with van der Waals surface area (Å²) in [4.78, 5) is 8.27. The minimum absolute atomic E-state index is 0.164. The second-order valence-corrected chi connectivity index (χ2v) is 6.80. The largest absolute Gasteiger partial charge is 0.432 e. The predicted molar refractivity (Wildman–Crippen MR) is 104 cm³/mol. The molecule has 0 saturated heterocycles. The molecular weight excluding hydrogens is 438 g/mol. The molecule has 0 unspecified atom stereocenters. The first-order chi connectivity index (χ1) is 15.2. The Hall–Kier alpha value is -3.30.